The Balaban J connectivity index is 2.52. The zero-order valence-electron chi connectivity index (χ0n) is 10.1. The molecule has 3 N–H and O–H groups in total. The van der Waals surface area contributed by atoms with Crippen molar-refractivity contribution in [3.05, 3.63) is 0 Å². The van der Waals surface area contributed by atoms with E-state index in [9.17, 15) is 9.59 Å². The first-order valence-electron chi connectivity index (χ1n) is 5.93. The minimum absolute atomic E-state index is 0.0716. The number of rotatable bonds is 4. The topological polar surface area (TPSA) is 75.4 Å². The van der Waals surface area contributed by atoms with Gasteiger partial charge in [0.05, 0.1) is 11.5 Å². The summed E-state index contributed by atoms with van der Waals surface area (Å²) in [5.74, 6) is -1.10. The molecular formula is C11H19N3O2S. The van der Waals surface area contributed by atoms with Gasteiger partial charge in [-0.1, -0.05) is 25.1 Å². The molecule has 0 aromatic rings. The molecule has 0 unspecified atom stereocenters. The van der Waals surface area contributed by atoms with Gasteiger partial charge in [-0.15, -0.1) is 0 Å². The zero-order chi connectivity index (χ0) is 12.8. The van der Waals surface area contributed by atoms with Gasteiger partial charge in [-0.25, -0.2) is 0 Å². The van der Waals surface area contributed by atoms with Crippen LogP contribution in [0.1, 0.15) is 32.6 Å². The van der Waals surface area contributed by atoms with Crippen LogP contribution in [0.2, 0.25) is 0 Å². The van der Waals surface area contributed by atoms with Crippen LogP contribution in [0.4, 0.5) is 0 Å². The molecule has 0 aliphatic heterocycles. The van der Waals surface area contributed by atoms with Gasteiger partial charge in [-0.05, 0) is 19.8 Å². The van der Waals surface area contributed by atoms with Crippen LogP contribution < -0.4 is 11.1 Å². The molecule has 1 aliphatic carbocycles. The van der Waals surface area contributed by atoms with Gasteiger partial charge in [0.15, 0.2) is 0 Å². The molecule has 17 heavy (non-hydrogen) atoms. The van der Waals surface area contributed by atoms with E-state index in [0.717, 1.165) is 25.7 Å². The van der Waals surface area contributed by atoms with E-state index in [-0.39, 0.29) is 17.6 Å². The number of amides is 2. The summed E-state index contributed by atoms with van der Waals surface area (Å²) in [6.45, 7) is 2.52. The summed E-state index contributed by atoms with van der Waals surface area (Å²) in [7, 11) is 0. The Labute approximate surface area is 107 Å². The number of thiocarbonyl (C=S) groups is 1. The Kier molecular flexibility index (Phi) is 5.34. The van der Waals surface area contributed by atoms with Gasteiger partial charge in [0.1, 0.15) is 0 Å². The van der Waals surface area contributed by atoms with Crippen LogP contribution >= 0.6 is 12.2 Å². The van der Waals surface area contributed by atoms with Crippen LogP contribution in [0.3, 0.4) is 0 Å². The number of carbonyl (C=O) groups is 2. The van der Waals surface area contributed by atoms with Gasteiger partial charge < -0.3 is 16.0 Å². The highest BCUT2D eigenvalue weighted by molar-refractivity contribution is 7.80. The Morgan fingerprint density at radius 1 is 1.41 bits per heavy atom. The number of nitrogens with one attached hydrogen (secondary N) is 1. The number of nitrogens with zero attached hydrogens (tertiary/aromatic N) is 1. The Morgan fingerprint density at radius 2 is 2.00 bits per heavy atom. The van der Waals surface area contributed by atoms with E-state index in [0.29, 0.717) is 6.54 Å². The van der Waals surface area contributed by atoms with Crippen molar-refractivity contribution in [1.29, 1.82) is 0 Å². The van der Waals surface area contributed by atoms with Crippen molar-refractivity contribution >= 4 is 29.0 Å². The molecule has 1 rings (SSSR count). The fourth-order valence-corrected chi connectivity index (χ4v) is 2.23. The standard InChI is InChI=1S/C11H19N3O2S/c1-2-14(8-5-3-4-6-8)11(16)10(15)13-7-9(12)17/h8H,2-7H2,1H3,(H2,12,17)(H,13,15). The molecule has 0 atom stereocenters. The van der Waals surface area contributed by atoms with Crippen LogP contribution in [-0.2, 0) is 9.59 Å². The van der Waals surface area contributed by atoms with Crippen molar-refractivity contribution in [2.45, 2.75) is 38.6 Å². The third-order valence-corrected chi connectivity index (χ3v) is 3.13. The second kappa shape index (κ2) is 6.54. The van der Waals surface area contributed by atoms with E-state index in [1.54, 1.807) is 4.90 Å². The predicted molar refractivity (Wildman–Crippen MR) is 69.4 cm³/mol. The summed E-state index contributed by atoms with van der Waals surface area (Å²) in [5, 5.41) is 2.42. The molecule has 96 valence electrons. The molecule has 2 amide bonds. The lowest BCUT2D eigenvalue weighted by atomic mass is 10.2. The Morgan fingerprint density at radius 3 is 2.47 bits per heavy atom. The summed E-state index contributed by atoms with van der Waals surface area (Å²) in [4.78, 5) is 25.3. The third-order valence-electron chi connectivity index (χ3n) is 2.98. The fourth-order valence-electron chi connectivity index (χ4n) is 2.16. The van der Waals surface area contributed by atoms with Crippen LogP contribution in [0, 0.1) is 0 Å². The maximum absolute atomic E-state index is 11.9. The molecule has 0 radical (unpaired) electrons. The van der Waals surface area contributed by atoms with Crippen LogP contribution in [0.15, 0.2) is 0 Å². The van der Waals surface area contributed by atoms with Gasteiger partial charge in [0, 0.05) is 12.6 Å². The van der Waals surface area contributed by atoms with Crippen molar-refractivity contribution in [3.8, 4) is 0 Å². The monoisotopic (exact) mass is 257 g/mol. The molecule has 0 heterocycles. The number of carbonyl (C=O) groups excluding carboxylic acids is 2. The Bertz CT molecular complexity index is 314. The Hall–Kier alpha value is -1.17. The molecular weight excluding hydrogens is 238 g/mol. The smallest absolute Gasteiger partial charge is 0.312 e. The van der Waals surface area contributed by atoms with E-state index >= 15 is 0 Å². The fraction of sp³-hybridized carbons (Fsp3) is 0.727. The van der Waals surface area contributed by atoms with Gasteiger partial charge >= 0.3 is 11.8 Å². The SMILES string of the molecule is CCN(C(=O)C(=O)NCC(N)=S)C1CCCC1. The molecule has 0 saturated heterocycles. The summed E-state index contributed by atoms with van der Waals surface area (Å²) < 4.78 is 0. The highest BCUT2D eigenvalue weighted by Crippen LogP contribution is 2.23. The summed E-state index contributed by atoms with van der Waals surface area (Å²) in [6.07, 6.45) is 4.23. The van der Waals surface area contributed by atoms with E-state index in [2.05, 4.69) is 17.5 Å². The number of hydrogen-bond acceptors (Lipinski definition) is 3. The average Bonchev–Trinajstić information content (AvgIpc) is 2.80. The quantitative estimate of drug-likeness (QED) is 0.556. The van der Waals surface area contributed by atoms with Gasteiger partial charge in [0.2, 0.25) is 0 Å². The molecule has 0 aromatic heterocycles. The predicted octanol–water partition coefficient (Wildman–Crippen LogP) is 0.180. The summed E-state index contributed by atoms with van der Waals surface area (Å²) in [6, 6.07) is 0.211. The first kappa shape index (κ1) is 13.9. The molecule has 1 fully saturated rings. The molecule has 5 nitrogen and oxygen atoms in total. The second-order valence-corrected chi connectivity index (χ2v) is 4.70. The van der Waals surface area contributed by atoms with Crippen molar-refractivity contribution in [3.63, 3.8) is 0 Å². The van der Waals surface area contributed by atoms with Crippen LogP contribution in [0.5, 0.6) is 0 Å². The molecule has 1 saturated carbocycles. The average molecular weight is 257 g/mol. The normalized spacial score (nSPS) is 15.6. The first-order valence-corrected chi connectivity index (χ1v) is 6.34. The zero-order valence-corrected chi connectivity index (χ0v) is 10.9. The second-order valence-electron chi connectivity index (χ2n) is 4.18. The summed E-state index contributed by atoms with van der Waals surface area (Å²) in [5.41, 5.74) is 5.26. The van der Waals surface area contributed by atoms with Crippen molar-refractivity contribution < 1.29 is 9.59 Å². The minimum Gasteiger partial charge on any atom is -0.392 e. The van der Waals surface area contributed by atoms with Crippen molar-refractivity contribution in [2.24, 2.45) is 5.73 Å². The maximum Gasteiger partial charge on any atom is 0.312 e. The molecule has 0 aromatic carbocycles. The molecule has 6 heteroatoms. The lowest BCUT2D eigenvalue weighted by Crippen LogP contribution is -2.48. The third kappa shape index (κ3) is 3.96. The number of hydrogen-bond donors (Lipinski definition) is 2. The summed E-state index contributed by atoms with van der Waals surface area (Å²) >= 11 is 4.64. The van der Waals surface area contributed by atoms with Gasteiger partial charge in [0.25, 0.3) is 0 Å². The van der Waals surface area contributed by atoms with E-state index in [1.807, 2.05) is 6.92 Å². The largest absolute Gasteiger partial charge is 0.392 e. The van der Waals surface area contributed by atoms with Crippen LogP contribution in [-0.4, -0.2) is 40.8 Å². The highest BCUT2D eigenvalue weighted by atomic mass is 32.1. The molecule has 0 spiro atoms. The molecule has 1 aliphatic rings. The highest BCUT2D eigenvalue weighted by Gasteiger charge is 2.29. The lowest BCUT2D eigenvalue weighted by Gasteiger charge is -2.26. The van der Waals surface area contributed by atoms with E-state index in [4.69, 9.17) is 5.73 Å². The van der Waals surface area contributed by atoms with E-state index < -0.39 is 11.8 Å². The van der Waals surface area contributed by atoms with Gasteiger partial charge in [-0.2, -0.15) is 0 Å². The number of likely N-dealkylation sites (N-methyl/N-ethyl adjacent to an activating group) is 1. The van der Waals surface area contributed by atoms with E-state index in [1.165, 1.54) is 0 Å². The maximum atomic E-state index is 11.9. The first-order chi connectivity index (χ1) is 8.06. The molecule has 0 bridgehead atoms. The number of nitrogens with two attached hydrogens (primary N) is 1. The van der Waals surface area contributed by atoms with Crippen LogP contribution in [0.25, 0.3) is 0 Å². The minimum atomic E-state index is -0.619. The lowest BCUT2D eigenvalue weighted by molar-refractivity contribution is -0.147. The van der Waals surface area contributed by atoms with Crippen molar-refractivity contribution in [1.82, 2.24) is 10.2 Å². The van der Waals surface area contributed by atoms with Crippen molar-refractivity contribution in [2.75, 3.05) is 13.1 Å². The van der Waals surface area contributed by atoms with Gasteiger partial charge in [-0.3, -0.25) is 9.59 Å².